The second-order valence-electron chi connectivity index (χ2n) is 1.92. The van der Waals surface area contributed by atoms with E-state index in [1.807, 2.05) is 6.92 Å². The minimum absolute atomic E-state index is 0.170. The first-order chi connectivity index (χ1) is 5.25. The topological polar surface area (TPSA) is 57.8 Å². The molecule has 0 radical (unpaired) electrons. The molecule has 11 heavy (non-hydrogen) atoms. The van der Waals surface area contributed by atoms with Crippen molar-refractivity contribution in [1.29, 1.82) is 0 Å². The van der Waals surface area contributed by atoms with Crippen LogP contribution >= 0.6 is 15.9 Å². The molecule has 5 heteroatoms. The Bertz CT molecular complexity index is 296. The third kappa shape index (κ3) is 1.80. The number of aromatic nitrogens is 2. The van der Waals surface area contributed by atoms with Crippen molar-refractivity contribution in [2.24, 2.45) is 0 Å². The van der Waals surface area contributed by atoms with Crippen molar-refractivity contribution in [2.75, 3.05) is 11.9 Å². The van der Waals surface area contributed by atoms with Crippen LogP contribution in [0.4, 0.5) is 5.82 Å². The molecule has 4 nitrogen and oxygen atoms in total. The van der Waals surface area contributed by atoms with E-state index >= 15 is 0 Å². The summed E-state index contributed by atoms with van der Waals surface area (Å²) in [6, 6.07) is 0. The molecule has 1 heterocycles. The first kappa shape index (κ1) is 8.26. The van der Waals surface area contributed by atoms with Gasteiger partial charge in [-0.2, -0.15) is 0 Å². The molecule has 0 saturated heterocycles. The van der Waals surface area contributed by atoms with Crippen molar-refractivity contribution in [3.8, 4) is 0 Å². The van der Waals surface area contributed by atoms with E-state index in [1.165, 1.54) is 6.33 Å². The maximum Gasteiger partial charge on any atom is 0.267 e. The first-order valence-corrected chi connectivity index (χ1v) is 4.02. The monoisotopic (exact) mass is 217 g/mol. The number of rotatable bonds is 2. The van der Waals surface area contributed by atoms with Crippen molar-refractivity contribution in [2.45, 2.75) is 6.92 Å². The molecular formula is C6H8BrN3O. The zero-order chi connectivity index (χ0) is 8.27. The fourth-order valence-corrected chi connectivity index (χ4v) is 1.03. The zero-order valence-electron chi connectivity index (χ0n) is 6.02. The van der Waals surface area contributed by atoms with E-state index in [1.54, 1.807) is 0 Å². The number of H-pyrrole nitrogens is 1. The lowest BCUT2D eigenvalue weighted by atomic mass is 10.5. The average Bonchev–Trinajstić information content (AvgIpc) is 1.99. The van der Waals surface area contributed by atoms with Gasteiger partial charge < -0.3 is 10.3 Å². The van der Waals surface area contributed by atoms with Crippen molar-refractivity contribution in [3.05, 3.63) is 21.2 Å². The molecule has 1 aromatic heterocycles. The molecule has 0 atom stereocenters. The van der Waals surface area contributed by atoms with Crippen LogP contribution in [0.15, 0.2) is 15.6 Å². The quantitative estimate of drug-likeness (QED) is 0.777. The predicted octanol–water partition coefficient (Wildman–Crippen LogP) is 0.964. The van der Waals surface area contributed by atoms with Gasteiger partial charge in [-0.05, 0) is 22.9 Å². The Morgan fingerprint density at radius 3 is 3.18 bits per heavy atom. The van der Waals surface area contributed by atoms with Crippen LogP contribution in [0.3, 0.4) is 0 Å². The highest BCUT2D eigenvalue weighted by Gasteiger charge is 2.01. The molecule has 0 aliphatic heterocycles. The smallest absolute Gasteiger partial charge is 0.267 e. The molecule has 2 N–H and O–H groups in total. The number of hydrogen-bond donors (Lipinski definition) is 2. The summed E-state index contributed by atoms with van der Waals surface area (Å²) in [4.78, 5) is 17.3. The maximum atomic E-state index is 10.9. The lowest BCUT2D eigenvalue weighted by Gasteiger charge is -2.01. The van der Waals surface area contributed by atoms with Gasteiger partial charge in [-0.15, -0.1) is 0 Å². The summed E-state index contributed by atoms with van der Waals surface area (Å²) in [5, 5.41) is 2.94. The highest BCUT2D eigenvalue weighted by Crippen LogP contribution is 2.11. The number of hydrogen-bond acceptors (Lipinski definition) is 3. The van der Waals surface area contributed by atoms with Gasteiger partial charge in [0.25, 0.3) is 5.56 Å². The van der Waals surface area contributed by atoms with Gasteiger partial charge in [0.15, 0.2) is 0 Å². The molecule has 0 bridgehead atoms. The molecule has 0 spiro atoms. The third-order valence-corrected chi connectivity index (χ3v) is 1.88. The van der Waals surface area contributed by atoms with Crippen molar-refractivity contribution in [3.63, 3.8) is 0 Å². The fourth-order valence-electron chi connectivity index (χ4n) is 0.674. The van der Waals surface area contributed by atoms with Gasteiger partial charge in [0.2, 0.25) is 0 Å². The lowest BCUT2D eigenvalue weighted by molar-refractivity contribution is 1.07. The van der Waals surface area contributed by atoms with Crippen LogP contribution in [-0.2, 0) is 0 Å². The second-order valence-corrected chi connectivity index (χ2v) is 2.72. The van der Waals surface area contributed by atoms with Gasteiger partial charge in [0, 0.05) is 6.54 Å². The minimum atomic E-state index is -0.170. The molecule has 1 aromatic rings. The second kappa shape index (κ2) is 3.52. The Balaban J connectivity index is 3.06. The number of nitrogens with zero attached hydrogens (tertiary/aromatic N) is 1. The van der Waals surface area contributed by atoms with Crippen molar-refractivity contribution in [1.82, 2.24) is 9.97 Å². The van der Waals surface area contributed by atoms with Crippen LogP contribution < -0.4 is 10.9 Å². The van der Waals surface area contributed by atoms with Crippen molar-refractivity contribution >= 4 is 21.7 Å². The summed E-state index contributed by atoms with van der Waals surface area (Å²) in [6.07, 6.45) is 1.37. The van der Waals surface area contributed by atoms with Gasteiger partial charge >= 0.3 is 0 Å². The van der Waals surface area contributed by atoms with E-state index in [4.69, 9.17) is 0 Å². The predicted molar refractivity (Wildman–Crippen MR) is 46.7 cm³/mol. The Kier molecular flexibility index (Phi) is 2.64. The van der Waals surface area contributed by atoms with Crippen molar-refractivity contribution < 1.29 is 0 Å². The molecule has 0 aromatic carbocycles. The van der Waals surface area contributed by atoms with E-state index in [2.05, 4.69) is 31.2 Å². The molecule has 0 unspecified atom stereocenters. The SMILES string of the molecule is CCNc1nc[nH]c(=O)c1Br. The molecule has 60 valence electrons. The van der Waals surface area contributed by atoms with Crippen LogP contribution in [0.2, 0.25) is 0 Å². The Hall–Kier alpha value is -0.840. The van der Waals surface area contributed by atoms with Gasteiger partial charge in [-0.1, -0.05) is 0 Å². The van der Waals surface area contributed by atoms with Crippen LogP contribution in [0.1, 0.15) is 6.92 Å². The molecule has 0 aliphatic carbocycles. The van der Waals surface area contributed by atoms with E-state index in [0.29, 0.717) is 10.3 Å². The van der Waals surface area contributed by atoms with Crippen LogP contribution in [-0.4, -0.2) is 16.5 Å². The van der Waals surface area contributed by atoms with Gasteiger partial charge in [0.1, 0.15) is 10.3 Å². The van der Waals surface area contributed by atoms with Crippen LogP contribution in [0, 0.1) is 0 Å². The lowest BCUT2D eigenvalue weighted by Crippen LogP contribution is -2.11. The summed E-state index contributed by atoms with van der Waals surface area (Å²) in [7, 11) is 0. The maximum absolute atomic E-state index is 10.9. The summed E-state index contributed by atoms with van der Waals surface area (Å²) in [6.45, 7) is 2.68. The zero-order valence-corrected chi connectivity index (χ0v) is 7.60. The highest BCUT2D eigenvalue weighted by molar-refractivity contribution is 9.10. The summed E-state index contributed by atoms with van der Waals surface area (Å²) in [5.74, 6) is 0.580. The third-order valence-electron chi connectivity index (χ3n) is 1.14. The van der Waals surface area contributed by atoms with Gasteiger partial charge in [-0.3, -0.25) is 4.79 Å². The standard InChI is InChI=1S/C6H8BrN3O/c1-2-8-5-4(7)6(11)10-3-9-5/h3H,2H2,1H3,(H2,8,9,10,11). The number of nitrogens with one attached hydrogen (secondary N) is 2. The number of aromatic amines is 1. The Labute approximate surface area is 72.2 Å². The molecule has 1 rings (SSSR count). The summed E-state index contributed by atoms with van der Waals surface area (Å²) >= 11 is 3.11. The van der Waals surface area contributed by atoms with E-state index < -0.39 is 0 Å². The van der Waals surface area contributed by atoms with Gasteiger partial charge in [-0.25, -0.2) is 4.98 Å². The number of anilines is 1. The fraction of sp³-hybridized carbons (Fsp3) is 0.333. The van der Waals surface area contributed by atoms with Crippen LogP contribution in [0.5, 0.6) is 0 Å². The Morgan fingerprint density at radius 1 is 1.82 bits per heavy atom. The molecule has 0 fully saturated rings. The summed E-state index contributed by atoms with van der Waals surface area (Å²) in [5.41, 5.74) is -0.170. The molecule has 0 amide bonds. The minimum Gasteiger partial charge on any atom is -0.369 e. The molecular weight excluding hydrogens is 210 g/mol. The van der Waals surface area contributed by atoms with E-state index in [0.717, 1.165) is 6.54 Å². The molecule has 0 saturated carbocycles. The Morgan fingerprint density at radius 2 is 2.55 bits per heavy atom. The van der Waals surface area contributed by atoms with E-state index in [-0.39, 0.29) is 5.56 Å². The largest absolute Gasteiger partial charge is 0.369 e. The number of halogens is 1. The van der Waals surface area contributed by atoms with E-state index in [9.17, 15) is 4.79 Å². The normalized spacial score (nSPS) is 9.64. The highest BCUT2D eigenvalue weighted by atomic mass is 79.9. The van der Waals surface area contributed by atoms with Gasteiger partial charge in [0.05, 0.1) is 6.33 Å². The molecule has 0 aliphatic rings. The average molecular weight is 218 g/mol. The first-order valence-electron chi connectivity index (χ1n) is 3.22. The van der Waals surface area contributed by atoms with Crippen LogP contribution in [0.25, 0.3) is 0 Å². The summed E-state index contributed by atoms with van der Waals surface area (Å²) < 4.78 is 0.446.